The summed E-state index contributed by atoms with van der Waals surface area (Å²) in [7, 11) is 0. The van der Waals surface area contributed by atoms with Crippen molar-refractivity contribution in [2.24, 2.45) is 0 Å². The molecule has 0 radical (unpaired) electrons. The Balaban J connectivity index is 2.81. The van der Waals surface area contributed by atoms with Gasteiger partial charge in [-0.3, -0.25) is 9.59 Å². The van der Waals surface area contributed by atoms with Gasteiger partial charge in [-0.05, 0) is 32.9 Å². The lowest BCUT2D eigenvalue weighted by Gasteiger charge is -2.17. The molecule has 0 heterocycles. The Morgan fingerprint density at radius 1 is 1.39 bits per heavy atom. The summed E-state index contributed by atoms with van der Waals surface area (Å²) >= 11 is 5.87. The van der Waals surface area contributed by atoms with Gasteiger partial charge in [-0.1, -0.05) is 17.7 Å². The van der Waals surface area contributed by atoms with Crippen LogP contribution in [0.5, 0.6) is 5.75 Å². The van der Waals surface area contributed by atoms with Crippen LogP contribution in [0.1, 0.15) is 31.1 Å². The zero-order valence-corrected chi connectivity index (χ0v) is 11.3. The van der Waals surface area contributed by atoms with Gasteiger partial charge in [0.1, 0.15) is 5.75 Å². The molecular weight excluding hydrogens is 254 g/mol. The Bertz CT molecular complexity index is 446. The maximum absolute atomic E-state index is 11.7. The van der Waals surface area contributed by atoms with Crippen LogP contribution in [0.4, 0.5) is 0 Å². The smallest absolute Gasteiger partial charge is 0.260 e. The molecule has 98 valence electrons. The molecule has 0 fully saturated rings. The molecule has 1 aromatic carbocycles. The van der Waals surface area contributed by atoms with Gasteiger partial charge < -0.3 is 10.1 Å². The highest BCUT2D eigenvalue weighted by Gasteiger charge is 2.17. The van der Waals surface area contributed by atoms with E-state index in [1.165, 1.54) is 0 Å². The van der Waals surface area contributed by atoms with Crippen LogP contribution < -0.4 is 10.1 Å². The van der Waals surface area contributed by atoms with E-state index in [2.05, 4.69) is 5.32 Å². The third kappa shape index (κ3) is 3.74. The van der Waals surface area contributed by atoms with Crippen molar-refractivity contribution in [3.05, 3.63) is 28.8 Å². The molecule has 0 aliphatic carbocycles. The molecule has 5 heteroatoms. The van der Waals surface area contributed by atoms with Gasteiger partial charge >= 0.3 is 0 Å². The number of hydrogen-bond acceptors (Lipinski definition) is 3. The van der Waals surface area contributed by atoms with Crippen LogP contribution in [0.3, 0.4) is 0 Å². The van der Waals surface area contributed by atoms with Crippen LogP contribution in [0, 0.1) is 0 Å². The van der Waals surface area contributed by atoms with E-state index in [-0.39, 0.29) is 17.5 Å². The van der Waals surface area contributed by atoms with E-state index in [4.69, 9.17) is 16.3 Å². The second kappa shape index (κ2) is 6.40. The highest BCUT2D eigenvalue weighted by Crippen LogP contribution is 2.25. The summed E-state index contributed by atoms with van der Waals surface area (Å²) in [6.45, 7) is 5.34. The minimum atomic E-state index is -0.690. The zero-order valence-electron chi connectivity index (χ0n) is 10.6. The van der Waals surface area contributed by atoms with Crippen LogP contribution in [-0.2, 0) is 4.79 Å². The summed E-state index contributed by atoms with van der Waals surface area (Å²) < 4.78 is 5.45. The van der Waals surface area contributed by atoms with Crippen molar-refractivity contribution in [1.82, 2.24) is 5.32 Å². The third-order valence-corrected chi connectivity index (χ3v) is 2.56. The summed E-state index contributed by atoms with van der Waals surface area (Å²) in [4.78, 5) is 22.6. The number of amides is 1. The number of benzene rings is 1. The zero-order chi connectivity index (χ0) is 13.7. The van der Waals surface area contributed by atoms with Crippen LogP contribution in [-0.4, -0.2) is 24.3 Å². The molecule has 1 N–H and O–H groups in total. The monoisotopic (exact) mass is 269 g/mol. The first kappa shape index (κ1) is 14.5. The van der Waals surface area contributed by atoms with Crippen molar-refractivity contribution in [3.63, 3.8) is 0 Å². The lowest BCUT2D eigenvalue weighted by atomic mass is 10.2. The highest BCUT2D eigenvalue weighted by atomic mass is 35.5. The van der Waals surface area contributed by atoms with E-state index in [0.717, 1.165) is 0 Å². The molecule has 0 saturated carbocycles. The molecule has 0 aliphatic rings. The van der Waals surface area contributed by atoms with Crippen molar-refractivity contribution in [3.8, 4) is 5.75 Å². The van der Waals surface area contributed by atoms with Gasteiger partial charge in [-0.15, -0.1) is 0 Å². The minimum absolute atomic E-state index is 0.0356. The van der Waals surface area contributed by atoms with E-state index in [9.17, 15) is 9.59 Å². The number of ether oxygens (including phenoxy) is 1. The van der Waals surface area contributed by atoms with Gasteiger partial charge in [-0.25, -0.2) is 0 Å². The van der Waals surface area contributed by atoms with E-state index in [0.29, 0.717) is 17.1 Å². The molecule has 0 aliphatic heterocycles. The predicted octanol–water partition coefficient (Wildman–Crippen LogP) is 2.44. The first-order valence-electron chi connectivity index (χ1n) is 5.66. The van der Waals surface area contributed by atoms with Gasteiger partial charge in [0.05, 0.1) is 10.6 Å². The van der Waals surface area contributed by atoms with Gasteiger partial charge in [0.25, 0.3) is 5.91 Å². The summed E-state index contributed by atoms with van der Waals surface area (Å²) in [6.07, 6.45) is -0.0744. The van der Waals surface area contributed by atoms with E-state index >= 15 is 0 Å². The molecule has 0 aromatic heterocycles. The first-order valence-corrected chi connectivity index (χ1v) is 6.04. The van der Waals surface area contributed by atoms with Gasteiger partial charge in [0.15, 0.2) is 12.4 Å². The Morgan fingerprint density at radius 3 is 2.61 bits per heavy atom. The second-order valence-corrected chi connectivity index (χ2v) is 4.60. The van der Waals surface area contributed by atoms with E-state index in [1.807, 2.05) is 13.8 Å². The van der Waals surface area contributed by atoms with Crippen molar-refractivity contribution < 1.29 is 14.3 Å². The summed E-state index contributed by atoms with van der Waals surface area (Å²) in [5.41, 5.74) is 0.253. The molecular formula is C13H16ClNO3. The normalized spacial score (nSPS) is 12.1. The maximum atomic E-state index is 11.7. The fourth-order valence-corrected chi connectivity index (χ4v) is 1.59. The standard InChI is InChI=1S/C13H16ClNO3/c1-8(2)15-13(17)9(3)18-12-6-4-5-11(14)10(12)7-16/h4-9H,1-3H3,(H,15,17). The molecule has 1 aromatic rings. The lowest BCUT2D eigenvalue weighted by molar-refractivity contribution is -0.127. The molecule has 0 saturated heterocycles. The van der Waals surface area contributed by atoms with Crippen LogP contribution >= 0.6 is 11.6 Å². The van der Waals surface area contributed by atoms with Crippen molar-refractivity contribution >= 4 is 23.8 Å². The van der Waals surface area contributed by atoms with Crippen LogP contribution in [0.15, 0.2) is 18.2 Å². The Kier molecular flexibility index (Phi) is 5.16. The Labute approximate surface area is 111 Å². The van der Waals surface area contributed by atoms with Crippen molar-refractivity contribution in [2.45, 2.75) is 32.9 Å². The number of rotatable bonds is 5. The molecule has 1 unspecified atom stereocenters. The number of aldehydes is 1. The maximum Gasteiger partial charge on any atom is 0.260 e. The highest BCUT2D eigenvalue weighted by molar-refractivity contribution is 6.33. The first-order chi connectivity index (χ1) is 8.45. The third-order valence-electron chi connectivity index (χ3n) is 2.23. The summed E-state index contributed by atoms with van der Waals surface area (Å²) in [5, 5.41) is 3.03. The topological polar surface area (TPSA) is 55.4 Å². The van der Waals surface area contributed by atoms with Crippen molar-refractivity contribution in [1.29, 1.82) is 0 Å². The molecule has 1 rings (SSSR count). The number of carbonyl (C=O) groups excluding carboxylic acids is 2. The number of carbonyl (C=O) groups is 2. The van der Waals surface area contributed by atoms with Gasteiger partial charge in [0, 0.05) is 6.04 Å². The van der Waals surface area contributed by atoms with Crippen molar-refractivity contribution in [2.75, 3.05) is 0 Å². The molecule has 1 atom stereocenters. The SMILES string of the molecule is CC(C)NC(=O)C(C)Oc1cccc(Cl)c1C=O. The largest absolute Gasteiger partial charge is 0.480 e. The number of halogens is 1. The lowest BCUT2D eigenvalue weighted by Crippen LogP contribution is -2.40. The van der Waals surface area contributed by atoms with Gasteiger partial charge in [-0.2, -0.15) is 0 Å². The molecule has 1 amide bonds. The molecule has 4 nitrogen and oxygen atoms in total. The second-order valence-electron chi connectivity index (χ2n) is 4.19. The molecule has 18 heavy (non-hydrogen) atoms. The number of hydrogen-bond donors (Lipinski definition) is 1. The van der Waals surface area contributed by atoms with Crippen LogP contribution in [0.25, 0.3) is 0 Å². The summed E-state index contributed by atoms with van der Waals surface area (Å²) in [6, 6.07) is 4.90. The fraction of sp³-hybridized carbons (Fsp3) is 0.385. The van der Waals surface area contributed by atoms with Gasteiger partial charge in [0.2, 0.25) is 0 Å². The molecule has 0 bridgehead atoms. The molecule has 0 spiro atoms. The number of nitrogens with one attached hydrogen (secondary N) is 1. The average Bonchev–Trinajstić information content (AvgIpc) is 2.28. The Morgan fingerprint density at radius 2 is 2.06 bits per heavy atom. The fourth-order valence-electron chi connectivity index (χ4n) is 1.38. The summed E-state index contributed by atoms with van der Waals surface area (Å²) in [5.74, 6) is 0.0748. The Hall–Kier alpha value is -1.55. The minimum Gasteiger partial charge on any atom is -0.480 e. The van der Waals surface area contributed by atoms with Crippen LogP contribution in [0.2, 0.25) is 5.02 Å². The quantitative estimate of drug-likeness (QED) is 0.836. The predicted molar refractivity (Wildman–Crippen MR) is 70.2 cm³/mol. The van der Waals surface area contributed by atoms with E-state index in [1.54, 1.807) is 25.1 Å². The van der Waals surface area contributed by atoms with E-state index < -0.39 is 6.10 Å². The average molecular weight is 270 g/mol.